The zero-order chi connectivity index (χ0) is 9.56. The van der Waals surface area contributed by atoms with Gasteiger partial charge < -0.3 is 24.2 Å². The molecule has 0 aliphatic carbocycles. The molecule has 0 spiro atoms. The first-order valence-corrected chi connectivity index (χ1v) is 4.80. The predicted molar refractivity (Wildman–Crippen MR) is 44.4 cm³/mol. The van der Waals surface area contributed by atoms with Crippen LogP contribution < -0.4 is 0 Å². The van der Waals surface area contributed by atoms with E-state index in [1.165, 1.54) is 0 Å². The van der Waals surface area contributed by atoms with Gasteiger partial charge in [0, 0.05) is 0 Å². The third-order valence-corrected chi connectivity index (χ3v) is 1.70. The molecule has 12 heavy (non-hydrogen) atoms. The monoisotopic (exact) mass is 198 g/mol. The lowest BCUT2D eigenvalue weighted by Gasteiger charge is -2.15. The van der Waals surface area contributed by atoms with Gasteiger partial charge >= 0.3 is 8.60 Å². The highest BCUT2D eigenvalue weighted by Crippen LogP contribution is 2.26. The fourth-order valence-electron chi connectivity index (χ4n) is 0.544. The van der Waals surface area contributed by atoms with Crippen LogP contribution in [-0.2, 0) is 9.26 Å². The maximum Gasteiger partial charge on any atom is 0.327 e. The lowest BCUT2D eigenvalue weighted by molar-refractivity contribution is -0.0133. The second-order valence-electron chi connectivity index (χ2n) is 2.50. The number of aliphatic hydroxyl groups is 1. The number of ether oxygens (including phenoxy) is 1. The van der Waals surface area contributed by atoms with Crippen molar-refractivity contribution in [2.75, 3.05) is 13.2 Å². The summed E-state index contributed by atoms with van der Waals surface area (Å²) >= 11 is 0. The van der Waals surface area contributed by atoms with E-state index in [-0.39, 0.29) is 25.4 Å². The average molecular weight is 198 g/mol. The molecule has 0 fully saturated rings. The van der Waals surface area contributed by atoms with Crippen molar-refractivity contribution < 1.29 is 24.2 Å². The Morgan fingerprint density at radius 1 is 1.25 bits per heavy atom. The molecule has 0 rings (SSSR count). The van der Waals surface area contributed by atoms with E-state index >= 15 is 0 Å². The summed E-state index contributed by atoms with van der Waals surface area (Å²) in [6.45, 7) is 3.56. The Balaban J connectivity index is 3.36. The van der Waals surface area contributed by atoms with Crippen LogP contribution in [0, 0.1) is 0 Å². The highest BCUT2D eigenvalue weighted by molar-refractivity contribution is 7.39. The molecule has 0 aliphatic rings. The van der Waals surface area contributed by atoms with Gasteiger partial charge in [0.2, 0.25) is 0 Å². The summed E-state index contributed by atoms with van der Waals surface area (Å²) in [6, 6.07) is 0. The summed E-state index contributed by atoms with van der Waals surface area (Å²) in [6.07, 6.45) is -0.625. The van der Waals surface area contributed by atoms with Crippen molar-refractivity contribution in [3.63, 3.8) is 0 Å². The summed E-state index contributed by atoms with van der Waals surface area (Å²) in [4.78, 5) is 16.9. The van der Waals surface area contributed by atoms with Crippen LogP contribution in [0.2, 0.25) is 0 Å². The Labute approximate surface area is 72.9 Å². The first-order chi connectivity index (χ1) is 5.56. The fourth-order valence-corrected chi connectivity index (χ4v) is 0.927. The van der Waals surface area contributed by atoms with Gasteiger partial charge in [-0.2, -0.15) is 0 Å². The molecule has 0 heterocycles. The smallest absolute Gasteiger partial charge is 0.327 e. The average Bonchev–Trinajstić information content (AvgIpc) is 1.99. The van der Waals surface area contributed by atoms with Crippen molar-refractivity contribution in [1.29, 1.82) is 0 Å². The topological polar surface area (TPSA) is 79.2 Å². The highest BCUT2D eigenvalue weighted by Gasteiger charge is 2.10. The van der Waals surface area contributed by atoms with E-state index in [2.05, 4.69) is 4.52 Å². The molecule has 2 atom stereocenters. The van der Waals surface area contributed by atoms with Crippen LogP contribution in [0.3, 0.4) is 0 Å². The second kappa shape index (κ2) is 6.71. The Morgan fingerprint density at radius 3 is 2.25 bits per heavy atom. The zero-order valence-corrected chi connectivity index (χ0v) is 8.07. The number of aliphatic hydroxyl groups excluding tert-OH is 1. The molecule has 0 aromatic carbocycles. The molecule has 6 heteroatoms. The molecule has 0 aromatic rings. The summed E-state index contributed by atoms with van der Waals surface area (Å²) in [5.74, 6) is 0. The Kier molecular flexibility index (Phi) is 6.84. The van der Waals surface area contributed by atoms with E-state index in [0.717, 1.165) is 0 Å². The normalized spacial score (nSPS) is 16.5. The minimum absolute atomic E-state index is 0.0558. The number of rotatable bonds is 6. The molecule has 0 saturated carbocycles. The third-order valence-electron chi connectivity index (χ3n) is 1.15. The maximum absolute atomic E-state index is 8.57. The van der Waals surface area contributed by atoms with Crippen molar-refractivity contribution in [3.05, 3.63) is 0 Å². The number of hydrogen-bond donors (Lipinski definition) is 3. The second-order valence-corrected chi connectivity index (χ2v) is 3.21. The van der Waals surface area contributed by atoms with Gasteiger partial charge in [-0.05, 0) is 13.8 Å². The summed E-state index contributed by atoms with van der Waals surface area (Å²) in [5.41, 5.74) is 0. The molecule has 0 aromatic heterocycles. The molecule has 0 radical (unpaired) electrons. The van der Waals surface area contributed by atoms with E-state index in [4.69, 9.17) is 19.6 Å². The first-order valence-electron chi connectivity index (χ1n) is 3.63. The fraction of sp³-hybridized carbons (Fsp3) is 1.00. The van der Waals surface area contributed by atoms with Crippen molar-refractivity contribution in [2.45, 2.75) is 26.1 Å². The predicted octanol–water partition coefficient (Wildman–Crippen LogP) is 0.000400. The van der Waals surface area contributed by atoms with Crippen LogP contribution in [0.1, 0.15) is 13.8 Å². The summed E-state index contributed by atoms with van der Waals surface area (Å²) in [7, 11) is -2.32. The van der Waals surface area contributed by atoms with Gasteiger partial charge in [0.25, 0.3) is 0 Å². The first kappa shape index (κ1) is 12.2. The van der Waals surface area contributed by atoms with Crippen LogP contribution in [-0.4, -0.2) is 40.3 Å². The molecular formula is C6H15O5P. The van der Waals surface area contributed by atoms with Gasteiger partial charge in [-0.25, -0.2) is 0 Å². The molecule has 0 saturated heterocycles. The van der Waals surface area contributed by atoms with Crippen molar-refractivity contribution >= 4 is 8.60 Å². The van der Waals surface area contributed by atoms with Gasteiger partial charge in [0.1, 0.15) is 0 Å². The van der Waals surface area contributed by atoms with Crippen LogP contribution in [0.25, 0.3) is 0 Å². The van der Waals surface area contributed by atoms with Crippen LogP contribution in [0.5, 0.6) is 0 Å². The SMILES string of the molecule is CC(CO)OCC(C)OP(O)O. The quantitative estimate of drug-likeness (QED) is 0.523. The largest absolute Gasteiger partial charge is 0.394 e. The van der Waals surface area contributed by atoms with E-state index in [1.807, 2.05) is 0 Å². The number of hydrogen-bond acceptors (Lipinski definition) is 5. The highest BCUT2D eigenvalue weighted by atomic mass is 31.2. The summed E-state index contributed by atoms with van der Waals surface area (Å²) in [5, 5.41) is 8.57. The molecule has 0 amide bonds. The molecule has 0 aliphatic heterocycles. The lowest BCUT2D eigenvalue weighted by Crippen LogP contribution is -2.21. The Hall–Kier alpha value is 0.230. The third kappa shape index (κ3) is 6.91. The Morgan fingerprint density at radius 2 is 1.83 bits per heavy atom. The molecule has 3 N–H and O–H groups in total. The molecule has 5 nitrogen and oxygen atoms in total. The van der Waals surface area contributed by atoms with E-state index < -0.39 is 8.60 Å². The van der Waals surface area contributed by atoms with E-state index in [1.54, 1.807) is 13.8 Å². The van der Waals surface area contributed by atoms with Gasteiger partial charge in [0.15, 0.2) is 0 Å². The van der Waals surface area contributed by atoms with E-state index in [9.17, 15) is 0 Å². The van der Waals surface area contributed by atoms with E-state index in [0.29, 0.717) is 0 Å². The summed E-state index contributed by atoms with van der Waals surface area (Å²) < 4.78 is 9.68. The standard InChI is InChI=1S/C6H15O5P/c1-5(3-7)10-4-6(2)11-12(8)9/h5-9H,3-4H2,1-2H3. The van der Waals surface area contributed by atoms with Crippen LogP contribution in [0.15, 0.2) is 0 Å². The van der Waals surface area contributed by atoms with Crippen LogP contribution in [0.4, 0.5) is 0 Å². The Bertz CT molecular complexity index is 110. The minimum Gasteiger partial charge on any atom is -0.394 e. The molecule has 74 valence electrons. The van der Waals surface area contributed by atoms with Crippen molar-refractivity contribution in [2.24, 2.45) is 0 Å². The minimum atomic E-state index is -2.32. The van der Waals surface area contributed by atoms with Crippen LogP contribution >= 0.6 is 8.60 Å². The van der Waals surface area contributed by atoms with Gasteiger partial charge in [-0.1, -0.05) is 0 Å². The van der Waals surface area contributed by atoms with Crippen molar-refractivity contribution in [3.8, 4) is 0 Å². The molecular weight excluding hydrogens is 183 g/mol. The maximum atomic E-state index is 8.57. The van der Waals surface area contributed by atoms with Gasteiger partial charge in [-0.3, -0.25) is 0 Å². The molecule has 0 bridgehead atoms. The van der Waals surface area contributed by atoms with Crippen molar-refractivity contribution in [1.82, 2.24) is 0 Å². The lowest BCUT2D eigenvalue weighted by atomic mass is 10.4. The molecule has 2 unspecified atom stereocenters. The van der Waals surface area contributed by atoms with Gasteiger partial charge in [-0.15, -0.1) is 0 Å². The van der Waals surface area contributed by atoms with Gasteiger partial charge in [0.05, 0.1) is 25.4 Å². The zero-order valence-electron chi connectivity index (χ0n) is 7.17.